The van der Waals surface area contributed by atoms with Gasteiger partial charge in [0.1, 0.15) is 5.75 Å². The Kier molecular flexibility index (Phi) is 3.55. The van der Waals surface area contributed by atoms with E-state index in [1.54, 1.807) is 0 Å². The van der Waals surface area contributed by atoms with Gasteiger partial charge in [-0.2, -0.15) is 0 Å². The summed E-state index contributed by atoms with van der Waals surface area (Å²) in [7, 11) is 0. The summed E-state index contributed by atoms with van der Waals surface area (Å²) in [5.41, 5.74) is 7.57. The van der Waals surface area contributed by atoms with Crippen LogP contribution in [0.5, 0.6) is 5.75 Å². The lowest BCUT2D eigenvalue weighted by molar-refractivity contribution is 0.260. The average molecular weight is 245 g/mol. The fourth-order valence-electron chi connectivity index (χ4n) is 3.08. The lowest BCUT2D eigenvalue weighted by atomic mass is 9.88. The van der Waals surface area contributed by atoms with E-state index in [0.717, 1.165) is 24.7 Å². The SMILES string of the molecule is NC(CCCC1CCOc2ccccc21)C1CC1. The average Bonchev–Trinajstić information content (AvgIpc) is 3.23. The van der Waals surface area contributed by atoms with Crippen LogP contribution in [0.15, 0.2) is 24.3 Å². The maximum absolute atomic E-state index is 6.16. The van der Waals surface area contributed by atoms with E-state index in [9.17, 15) is 0 Å². The van der Waals surface area contributed by atoms with E-state index in [0.29, 0.717) is 12.0 Å². The summed E-state index contributed by atoms with van der Waals surface area (Å²) in [6.45, 7) is 0.871. The number of hydrogen-bond donors (Lipinski definition) is 1. The Balaban J connectivity index is 1.53. The van der Waals surface area contributed by atoms with Crippen LogP contribution in [0.4, 0.5) is 0 Å². The van der Waals surface area contributed by atoms with Gasteiger partial charge in [0.15, 0.2) is 0 Å². The molecular formula is C16H23NO. The van der Waals surface area contributed by atoms with Crippen molar-refractivity contribution in [2.75, 3.05) is 6.61 Å². The molecule has 2 atom stereocenters. The number of ether oxygens (including phenoxy) is 1. The number of benzene rings is 1. The van der Waals surface area contributed by atoms with Gasteiger partial charge in [0.25, 0.3) is 0 Å². The Bertz CT molecular complexity index is 400. The summed E-state index contributed by atoms with van der Waals surface area (Å²) in [5.74, 6) is 2.62. The summed E-state index contributed by atoms with van der Waals surface area (Å²) < 4.78 is 5.70. The third-order valence-corrected chi connectivity index (χ3v) is 4.40. The molecule has 1 aliphatic carbocycles. The minimum absolute atomic E-state index is 0.458. The number of fused-ring (bicyclic) bond motifs is 1. The molecule has 1 aromatic carbocycles. The van der Waals surface area contributed by atoms with Gasteiger partial charge in [-0.15, -0.1) is 0 Å². The molecule has 2 aliphatic rings. The minimum Gasteiger partial charge on any atom is -0.493 e. The van der Waals surface area contributed by atoms with E-state index in [2.05, 4.69) is 24.3 Å². The molecule has 2 unspecified atom stereocenters. The van der Waals surface area contributed by atoms with Gasteiger partial charge >= 0.3 is 0 Å². The van der Waals surface area contributed by atoms with Gasteiger partial charge in [-0.05, 0) is 55.6 Å². The van der Waals surface area contributed by atoms with E-state index < -0.39 is 0 Å². The van der Waals surface area contributed by atoms with Crippen molar-refractivity contribution in [3.63, 3.8) is 0 Å². The Morgan fingerprint density at radius 1 is 1.22 bits per heavy atom. The van der Waals surface area contributed by atoms with Crippen molar-refractivity contribution in [3.8, 4) is 5.75 Å². The topological polar surface area (TPSA) is 35.2 Å². The lowest BCUT2D eigenvalue weighted by Crippen LogP contribution is -2.22. The molecule has 1 fully saturated rings. The number of hydrogen-bond acceptors (Lipinski definition) is 2. The summed E-state index contributed by atoms with van der Waals surface area (Å²) in [6.07, 6.45) is 7.61. The molecule has 1 saturated carbocycles. The molecule has 0 amide bonds. The van der Waals surface area contributed by atoms with Gasteiger partial charge in [0.2, 0.25) is 0 Å². The molecule has 98 valence electrons. The van der Waals surface area contributed by atoms with Crippen molar-refractivity contribution in [2.45, 2.75) is 50.5 Å². The van der Waals surface area contributed by atoms with Crippen molar-refractivity contribution in [1.82, 2.24) is 0 Å². The molecule has 2 heteroatoms. The molecule has 2 nitrogen and oxygen atoms in total. The Labute approximate surface area is 110 Å². The van der Waals surface area contributed by atoms with Crippen LogP contribution in [0.2, 0.25) is 0 Å². The summed E-state index contributed by atoms with van der Waals surface area (Å²) in [6, 6.07) is 8.96. The van der Waals surface area contributed by atoms with Crippen LogP contribution >= 0.6 is 0 Å². The molecule has 1 heterocycles. The van der Waals surface area contributed by atoms with E-state index in [1.807, 2.05) is 0 Å². The predicted octanol–water partition coefficient (Wildman–Crippen LogP) is 3.46. The van der Waals surface area contributed by atoms with Crippen molar-refractivity contribution in [1.29, 1.82) is 0 Å². The first-order chi connectivity index (χ1) is 8.84. The maximum atomic E-state index is 6.16. The van der Waals surface area contributed by atoms with Crippen LogP contribution in [0.1, 0.15) is 50.0 Å². The van der Waals surface area contributed by atoms with Crippen LogP contribution in [-0.4, -0.2) is 12.6 Å². The summed E-state index contributed by atoms with van der Waals surface area (Å²) >= 11 is 0. The lowest BCUT2D eigenvalue weighted by Gasteiger charge is -2.26. The molecule has 1 aliphatic heterocycles. The maximum Gasteiger partial charge on any atom is 0.122 e. The van der Waals surface area contributed by atoms with Crippen LogP contribution in [0.25, 0.3) is 0 Å². The summed E-state index contributed by atoms with van der Waals surface area (Å²) in [4.78, 5) is 0. The molecule has 3 rings (SSSR count). The van der Waals surface area contributed by atoms with E-state index >= 15 is 0 Å². The van der Waals surface area contributed by atoms with E-state index in [1.165, 1.54) is 37.7 Å². The fourth-order valence-corrected chi connectivity index (χ4v) is 3.08. The fraction of sp³-hybridized carbons (Fsp3) is 0.625. The van der Waals surface area contributed by atoms with Crippen molar-refractivity contribution >= 4 is 0 Å². The standard InChI is InChI=1S/C16H23NO/c17-15(13-8-9-13)6-3-4-12-10-11-18-16-7-2-1-5-14(12)16/h1-2,5,7,12-13,15H,3-4,6,8-11,17H2. The quantitative estimate of drug-likeness (QED) is 0.862. The van der Waals surface area contributed by atoms with Gasteiger partial charge in [-0.25, -0.2) is 0 Å². The first kappa shape index (κ1) is 12.0. The van der Waals surface area contributed by atoms with Crippen LogP contribution in [-0.2, 0) is 0 Å². The molecule has 18 heavy (non-hydrogen) atoms. The molecule has 0 bridgehead atoms. The predicted molar refractivity (Wildman–Crippen MR) is 73.8 cm³/mol. The van der Waals surface area contributed by atoms with Crippen LogP contribution < -0.4 is 10.5 Å². The highest BCUT2D eigenvalue weighted by Gasteiger charge is 2.28. The second kappa shape index (κ2) is 5.31. The second-order valence-electron chi connectivity index (χ2n) is 5.80. The van der Waals surface area contributed by atoms with Gasteiger partial charge in [-0.1, -0.05) is 24.6 Å². The highest BCUT2D eigenvalue weighted by Crippen LogP contribution is 2.38. The van der Waals surface area contributed by atoms with Gasteiger partial charge in [0.05, 0.1) is 6.61 Å². The zero-order valence-electron chi connectivity index (χ0n) is 11.0. The zero-order valence-corrected chi connectivity index (χ0v) is 11.0. The molecule has 0 aromatic heterocycles. The third kappa shape index (κ3) is 2.69. The van der Waals surface area contributed by atoms with Gasteiger partial charge in [0, 0.05) is 6.04 Å². The Morgan fingerprint density at radius 3 is 2.89 bits per heavy atom. The Morgan fingerprint density at radius 2 is 2.06 bits per heavy atom. The monoisotopic (exact) mass is 245 g/mol. The number of rotatable bonds is 5. The van der Waals surface area contributed by atoms with Gasteiger partial charge < -0.3 is 10.5 Å². The molecule has 0 radical (unpaired) electrons. The van der Waals surface area contributed by atoms with Gasteiger partial charge in [-0.3, -0.25) is 0 Å². The Hall–Kier alpha value is -1.02. The third-order valence-electron chi connectivity index (χ3n) is 4.40. The van der Waals surface area contributed by atoms with Crippen LogP contribution in [0, 0.1) is 5.92 Å². The first-order valence-electron chi connectivity index (χ1n) is 7.32. The van der Waals surface area contributed by atoms with Crippen molar-refractivity contribution < 1.29 is 4.74 Å². The highest BCUT2D eigenvalue weighted by atomic mass is 16.5. The van der Waals surface area contributed by atoms with Crippen LogP contribution in [0.3, 0.4) is 0 Å². The largest absolute Gasteiger partial charge is 0.493 e. The normalized spacial score (nSPS) is 24.2. The smallest absolute Gasteiger partial charge is 0.122 e. The molecule has 2 N–H and O–H groups in total. The second-order valence-corrected chi connectivity index (χ2v) is 5.80. The van der Waals surface area contributed by atoms with Crippen molar-refractivity contribution in [3.05, 3.63) is 29.8 Å². The molecule has 1 aromatic rings. The van der Waals surface area contributed by atoms with E-state index in [-0.39, 0.29) is 0 Å². The summed E-state index contributed by atoms with van der Waals surface area (Å²) in [5, 5.41) is 0. The molecular weight excluding hydrogens is 222 g/mol. The number of nitrogens with two attached hydrogens (primary N) is 1. The number of para-hydroxylation sites is 1. The highest BCUT2D eigenvalue weighted by molar-refractivity contribution is 5.37. The van der Waals surface area contributed by atoms with E-state index in [4.69, 9.17) is 10.5 Å². The zero-order chi connectivity index (χ0) is 12.4. The van der Waals surface area contributed by atoms with Crippen molar-refractivity contribution in [2.24, 2.45) is 11.7 Å². The molecule has 0 saturated heterocycles. The minimum atomic E-state index is 0.458. The molecule has 0 spiro atoms. The first-order valence-corrected chi connectivity index (χ1v) is 7.32.